The number of hydrogen-bond donors (Lipinski definition) is 2. The Morgan fingerprint density at radius 2 is 2.33 bits per heavy atom. The van der Waals surface area contributed by atoms with Gasteiger partial charge in [0.1, 0.15) is 0 Å². The van der Waals surface area contributed by atoms with E-state index in [0.29, 0.717) is 18.5 Å². The molecule has 0 amide bonds. The van der Waals surface area contributed by atoms with E-state index in [1.54, 1.807) is 0 Å². The Kier molecular flexibility index (Phi) is 3.69. The second-order valence-electron chi connectivity index (χ2n) is 4.12. The molecular formula is C10H18N4O. The van der Waals surface area contributed by atoms with Gasteiger partial charge in [0.15, 0.2) is 5.82 Å². The average Bonchev–Trinajstić information content (AvgIpc) is 2.79. The Balaban J connectivity index is 1.81. The van der Waals surface area contributed by atoms with Gasteiger partial charge >= 0.3 is 0 Å². The number of nitrogens with one attached hydrogen (secondary N) is 1. The molecule has 15 heavy (non-hydrogen) atoms. The van der Waals surface area contributed by atoms with Crippen LogP contribution in [0.3, 0.4) is 0 Å². The highest BCUT2D eigenvalue weighted by atomic mass is 16.5. The quantitative estimate of drug-likeness (QED) is 0.764. The molecule has 0 radical (unpaired) electrons. The van der Waals surface area contributed by atoms with Crippen molar-refractivity contribution in [1.82, 2.24) is 15.5 Å². The van der Waals surface area contributed by atoms with Crippen LogP contribution in [0.25, 0.3) is 0 Å². The summed E-state index contributed by atoms with van der Waals surface area (Å²) in [7, 11) is 0. The summed E-state index contributed by atoms with van der Waals surface area (Å²) in [5.41, 5.74) is 5.75. The van der Waals surface area contributed by atoms with Gasteiger partial charge < -0.3 is 15.6 Å². The van der Waals surface area contributed by atoms with Crippen LogP contribution in [-0.2, 0) is 6.54 Å². The number of nitrogens with two attached hydrogens (primary N) is 1. The molecule has 1 aliphatic rings. The van der Waals surface area contributed by atoms with Crippen LogP contribution in [0.5, 0.6) is 0 Å². The zero-order chi connectivity index (χ0) is 10.5. The highest BCUT2D eigenvalue weighted by Gasteiger charge is 2.23. The van der Waals surface area contributed by atoms with Crippen molar-refractivity contribution in [2.24, 2.45) is 11.7 Å². The van der Waals surface area contributed by atoms with E-state index in [2.05, 4.69) is 20.0 Å². The SMILES string of the molecule is NCC1CCCCC1NCc1ncon1. The van der Waals surface area contributed by atoms with E-state index in [-0.39, 0.29) is 0 Å². The van der Waals surface area contributed by atoms with Crippen molar-refractivity contribution in [3.05, 3.63) is 12.2 Å². The first-order valence-corrected chi connectivity index (χ1v) is 5.59. The number of hydrogen-bond acceptors (Lipinski definition) is 5. The summed E-state index contributed by atoms with van der Waals surface area (Å²) in [6.45, 7) is 1.45. The van der Waals surface area contributed by atoms with Crippen LogP contribution in [0.15, 0.2) is 10.9 Å². The maximum atomic E-state index is 5.75. The Morgan fingerprint density at radius 1 is 1.47 bits per heavy atom. The number of nitrogens with zero attached hydrogens (tertiary/aromatic N) is 2. The summed E-state index contributed by atoms with van der Waals surface area (Å²) in [6.07, 6.45) is 6.40. The molecule has 84 valence electrons. The molecule has 0 aliphatic heterocycles. The van der Waals surface area contributed by atoms with E-state index in [0.717, 1.165) is 12.4 Å². The molecule has 2 rings (SSSR count). The third-order valence-electron chi connectivity index (χ3n) is 3.14. The standard InChI is InChI=1S/C10H18N4O/c11-5-8-3-1-2-4-9(8)12-6-10-13-7-15-14-10/h7-9,12H,1-6,11H2. The fourth-order valence-corrected chi connectivity index (χ4v) is 2.25. The average molecular weight is 210 g/mol. The van der Waals surface area contributed by atoms with E-state index in [9.17, 15) is 0 Å². The minimum atomic E-state index is 0.516. The van der Waals surface area contributed by atoms with Gasteiger partial charge in [-0.2, -0.15) is 4.98 Å². The van der Waals surface area contributed by atoms with Crippen molar-refractivity contribution in [2.75, 3.05) is 6.54 Å². The number of aromatic nitrogens is 2. The van der Waals surface area contributed by atoms with Crippen LogP contribution in [-0.4, -0.2) is 22.7 Å². The summed E-state index contributed by atoms with van der Waals surface area (Å²) >= 11 is 0. The molecule has 1 fully saturated rings. The topological polar surface area (TPSA) is 77.0 Å². The fourth-order valence-electron chi connectivity index (χ4n) is 2.25. The molecule has 0 bridgehead atoms. The first kappa shape index (κ1) is 10.6. The second kappa shape index (κ2) is 5.23. The zero-order valence-electron chi connectivity index (χ0n) is 8.85. The molecule has 1 aliphatic carbocycles. The summed E-state index contributed by atoms with van der Waals surface area (Å²) < 4.78 is 4.68. The third-order valence-corrected chi connectivity index (χ3v) is 3.14. The number of rotatable bonds is 4. The maximum Gasteiger partial charge on any atom is 0.213 e. The van der Waals surface area contributed by atoms with Crippen LogP contribution in [0.1, 0.15) is 31.5 Å². The monoisotopic (exact) mass is 210 g/mol. The van der Waals surface area contributed by atoms with E-state index in [1.165, 1.54) is 32.1 Å². The molecular weight excluding hydrogens is 192 g/mol. The van der Waals surface area contributed by atoms with Gasteiger partial charge in [-0.05, 0) is 25.3 Å². The lowest BCUT2D eigenvalue weighted by Crippen LogP contribution is -2.41. The summed E-state index contributed by atoms with van der Waals surface area (Å²) in [4.78, 5) is 3.98. The molecule has 0 saturated heterocycles. The summed E-state index contributed by atoms with van der Waals surface area (Å²) in [5.74, 6) is 1.32. The predicted octanol–water partition coefficient (Wildman–Crippen LogP) is 0.677. The van der Waals surface area contributed by atoms with Crippen molar-refractivity contribution in [3.8, 4) is 0 Å². The molecule has 1 heterocycles. The van der Waals surface area contributed by atoms with Crippen molar-refractivity contribution >= 4 is 0 Å². The molecule has 0 spiro atoms. The highest BCUT2D eigenvalue weighted by molar-refractivity contribution is 4.84. The van der Waals surface area contributed by atoms with Gasteiger partial charge in [0.2, 0.25) is 6.39 Å². The van der Waals surface area contributed by atoms with Crippen LogP contribution in [0.2, 0.25) is 0 Å². The zero-order valence-corrected chi connectivity index (χ0v) is 8.85. The van der Waals surface area contributed by atoms with Crippen molar-refractivity contribution in [2.45, 2.75) is 38.3 Å². The van der Waals surface area contributed by atoms with Crippen LogP contribution in [0.4, 0.5) is 0 Å². The largest absolute Gasteiger partial charge is 0.343 e. The van der Waals surface area contributed by atoms with Gasteiger partial charge in [-0.25, -0.2) is 0 Å². The van der Waals surface area contributed by atoms with Gasteiger partial charge in [-0.1, -0.05) is 18.0 Å². The summed E-state index contributed by atoms with van der Waals surface area (Å²) in [6, 6.07) is 0.516. The van der Waals surface area contributed by atoms with Gasteiger partial charge in [-0.15, -0.1) is 0 Å². The normalized spacial score (nSPS) is 26.7. The first-order chi connectivity index (χ1) is 7.40. The lowest BCUT2D eigenvalue weighted by molar-refractivity contribution is 0.264. The first-order valence-electron chi connectivity index (χ1n) is 5.59. The minimum Gasteiger partial charge on any atom is -0.343 e. The van der Waals surface area contributed by atoms with Crippen LogP contribution >= 0.6 is 0 Å². The minimum absolute atomic E-state index is 0.516. The molecule has 5 nitrogen and oxygen atoms in total. The van der Waals surface area contributed by atoms with Crippen molar-refractivity contribution in [1.29, 1.82) is 0 Å². The van der Waals surface area contributed by atoms with Crippen molar-refractivity contribution < 1.29 is 4.52 Å². The molecule has 3 N–H and O–H groups in total. The molecule has 1 aromatic rings. The maximum absolute atomic E-state index is 5.75. The van der Waals surface area contributed by atoms with Gasteiger partial charge in [-0.3, -0.25) is 0 Å². The molecule has 0 aromatic carbocycles. The Hall–Kier alpha value is -0.940. The fraction of sp³-hybridized carbons (Fsp3) is 0.800. The smallest absolute Gasteiger partial charge is 0.213 e. The Bertz CT molecular complexity index is 275. The molecule has 2 unspecified atom stereocenters. The van der Waals surface area contributed by atoms with E-state index < -0.39 is 0 Å². The lowest BCUT2D eigenvalue weighted by atomic mass is 9.84. The van der Waals surface area contributed by atoms with Crippen LogP contribution < -0.4 is 11.1 Å². The Morgan fingerprint density at radius 3 is 3.07 bits per heavy atom. The van der Waals surface area contributed by atoms with E-state index >= 15 is 0 Å². The molecule has 1 saturated carbocycles. The van der Waals surface area contributed by atoms with Gasteiger partial charge in [0, 0.05) is 6.04 Å². The molecule has 5 heteroatoms. The molecule has 1 aromatic heterocycles. The highest BCUT2D eigenvalue weighted by Crippen LogP contribution is 2.23. The van der Waals surface area contributed by atoms with Gasteiger partial charge in [0.25, 0.3) is 0 Å². The lowest BCUT2D eigenvalue weighted by Gasteiger charge is -2.31. The van der Waals surface area contributed by atoms with Crippen molar-refractivity contribution in [3.63, 3.8) is 0 Å². The van der Waals surface area contributed by atoms with Crippen LogP contribution in [0, 0.1) is 5.92 Å². The Labute approximate surface area is 89.4 Å². The second-order valence-corrected chi connectivity index (χ2v) is 4.12. The van der Waals surface area contributed by atoms with E-state index in [4.69, 9.17) is 5.73 Å². The predicted molar refractivity (Wildman–Crippen MR) is 55.9 cm³/mol. The molecule has 2 atom stereocenters. The van der Waals surface area contributed by atoms with E-state index in [1.807, 2.05) is 0 Å². The van der Waals surface area contributed by atoms with Gasteiger partial charge in [0.05, 0.1) is 6.54 Å². The summed E-state index contributed by atoms with van der Waals surface area (Å²) in [5, 5.41) is 7.23. The third kappa shape index (κ3) is 2.76.